The van der Waals surface area contributed by atoms with Crippen LogP contribution >= 0.6 is 23.4 Å². The lowest BCUT2D eigenvalue weighted by Gasteiger charge is -2.26. The van der Waals surface area contributed by atoms with Crippen LogP contribution in [0, 0.1) is 5.82 Å². The SMILES string of the molecule is O=S1(=O)C[C@@H]2N=C(SCc3c(F)cccc3Cl)N(c3ccc4c(c3)OCO4)[C@@H]2C1. The first-order valence-electron chi connectivity index (χ1n) is 8.94. The summed E-state index contributed by atoms with van der Waals surface area (Å²) in [5.74, 6) is 1.21. The van der Waals surface area contributed by atoms with Gasteiger partial charge < -0.3 is 14.4 Å². The van der Waals surface area contributed by atoms with E-state index in [0.29, 0.717) is 27.3 Å². The van der Waals surface area contributed by atoms with E-state index in [2.05, 4.69) is 4.99 Å². The Bertz CT molecular complexity index is 1100. The van der Waals surface area contributed by atoms with Crippen molar-refractivity contribution < 1.29 is 22.3 Å². The normalized spacial score (nSPS) is 23.9. The summed E-state index contributed by atoms with van der Waals surface area (Å²) in [4.78, 5) is 6.57. The molecule has 152 valence electrons. The third kappa shape index (κ3) is 3.45. The van der Waals surface area contributed by atoms with Crippen molar-refractivity contribution in [1.82, 2.24) is 0 Å². The van der Waals surface area contributed by atoms with Crippen molar-refractivity contribution >= 4 is 44.1 Å². The number of hydrogen-bond donors (Lipinski definition) is 0. The summed E-state index contributed by atoms with van der Waals surface area (Å²) in [6.45, 7) is 0.153. The molecule has 2 atom stereocenters. The van der Waals surface area contributed by atoms with Gasteiger partial charge in [0.25, 0.3) is 0 Å². The fourth-order valence-electron chi connectivity index (χ4n) is 3.78. The van der Waals surface area contributed by atoms with Gasteiger partial charge in [-0.05, 0) is 24.3 Å². The highest BCUT2D eigenvalue weighted by Gasteiger charge is 2.47. The van der Waals surface area contributed by atoms with Gasteiger partial charge in [0.15, 0.2) is 26.5 Å². The molecule has 0 bridgehead atoms. The Morgan fingerprint density at radius 2 is 2.03 bits per heavy atom. The first-order chi connectivity index (χ1) is 13.9. The molecule has 1 fully saturated rings. The number of rotatable bonds is 3. The molecule has 3 aliphatic heterocycles. The highest BCUT2D eigenvalue weighted by atomic mass is 35.5. The number of ether oxygens (including phenoxy) is 2. The van der Waals surface area contributed by atoms with Crippen molar-refractivity contribution in [1.29, 1.82) is 0 Å². The van der Waals surface area contributed by atoms with Gasteiger partial charge in [0, 0.05) is 28.1 Å². The molecule has 2 aromatic carbocycles. The Hall–Kier alpha value is -1.97. The fraction of sp³-hybridized carbons (Fsp3) is 0.316. The zero-order valence-corrected chi connectivity index (χ0v) is 17.4. The number of nitrogens with zero attached hydrogens (tertiary/aromatic N) is 2. The van der Waals surface area contributed by atoms with E-state index in [0.717, 1.165) is 5.69 Å². The summed E-state index contributed by atoms with van der Waals surface area (Å²) in [6, 6.07) is 9.41. The van der Waals surface area contributed by atoms with Crippen molar-refractivity contribution in [2.75, 3.05) is 23.2 Å². The van der Waals surface area contributed by atoms with Gasteiger partial charge in [-0.3, -0.25) is 4.99 Å². The minimum absolute atomic E-state index is 0.0171. The number of anilines is 1. The number of fused-ring (bicyclic) bond motifs is 2. The number of halogens is 2. The maximum atomic E-state index is 14.2. The number of hydrogen-bond acceptors (Lipinski definition) is 7. The summed E-state index contributed by atoms with van der Waals surface area (Å²) < 4.78 is 49.3. The van der Waals surface area contributed by atoms with Crippen LogP contribution in [-0.4, -0.2) is 44.0 Å². The Morgan fingerprint density at radius 3 is 2.86 bits per heavy atom. The Balaban J connectivity index is 1.47. The topological polar surface area (TPSA) is 68.2 Å². The lowest BCUT2D eigenvalue weighted by molar-refractivity contribution is 0.174. The molecule has 5 rings (SSSR count). The summed E-state index contributed by atoms with van der Waals surface area (Å²) >= 11 is 7.49. The minimum Gasteiger partial charge on any atom is -0.454 e. The second-order valence-corrected chi connectivity index (χ2v) is 10.5. The molecule has 0 N–H and O–H groups in total. The average molecular weight is 455 g/mol. The molecule has 0 unspecified atom stereocenters. The number of benzene rings is 2. The van der Waals surface area contributed by atoms with Crippen molar-refractivity contribution in [3.05, 3.63) is 52.8 Å². The van der Waals surface area contributed by atoms with Gasteiger partial charge in [0.2, 0.25) is 6.79 Å². The predicted molar refractivity (Wildman–Crippen MR) is 111 cm³/mol. The highest BCUT2D eigenvalue weighted by molar-refractivity contribution is 8.13. The van der Waals surface area contributed by atoms with Gasteiger partial charge >= 0.3 is 0 Å². The second-order valence-electron chi connectivity index (χ2n) is 7.02. The Kier molecular flexibility index (Phi) is 4.64. The van der Waals surface area contributed by atoms with Gasteiger partial charge in [-0.25, -0.2) is 12.8 Å². The van der Waals surface area contributed by atoms with Crippen molar-refractivity contribution in [3.63, 3.8) is 0 Å². The van der Waals surface area contributed by atoms with E-state index < -0.39 is 9.84 Å². The van der Waals surface area contributed by atoms with Crippen LogP contribution in [0.4, 0.5) is 10.1 Å². The average Bonchev–Trinajstić information content (AvgIpc) is 3.32. The first kappa shape index (κ1) is 19.0. The fourth-order valence-corrected chi connectivity index (χ4v) is 7.09. The van der Waals surface area contributed by atoms with Crippen LogP contribution < -0.4 is 14.4 Å². The molecular formula is C19H16ClFN2O4S2. The van der Waals surface area contributed by atoms with E-state index in [-0.39, 0.29) is 42.0 Å². The summed E-state index contributed by atoms with van der Waals surface area (Å²) in [5.41, 5.74) is 1.17. The molecule has 0 aliphatic carbocycles. The van der Waals surface area contributed by atoms with Crippen molar-refractivity contribution in [3.8, 4) is 11.5 Å². The molecule has 0 radical (unpaired) electrons. The molecule has 0 amide bonds. The third-order valence-electron chi connectivity index (χ3n) is 5.15. The predicted octanol–water partition coefficient (Wildman–Crippen LogP) is 3.48. The summed E-state index contributed by atoms with van der Waals surface area (Å²) in [7, 11) is -3.16. The molecule has 29 heavy (non-hydrogen) atoms. The number of thioether (sulfide) groups is 1. The van der Waals surface area contributed by atoms with E-state index in [4.69, 9.17) is 21.1 Å². The van der Waals surface area contributed by atoms with Gasteiger partial charge in [-0.2, -0.15) is 0 Å². The van der Waals surface area contributed by atoms with Crippen molar-refractivity contribution in [2.45, 2.75) is 17.8 Å². The number of aliphatic imine (C=N–C) groups is 1. The van der Waals surface area contributed by atoms with Crippen LogP contribution in [-0.2, 0) is 15.6 Å². The standard InChI is InChI=1S/C19H16ClFN2O4S2/c20-13-2-1-3-14(21)12(13)7-28-19-22-15-8-29(24,25)9-16(15)23(19)11-4-5-17-18(6-11)27-10-26-17/h1-6,15-16H,7-10H2/t15-,16+/m0/s1. The van der Waals surface area contributed by atoms with Gasteiger partial charge in [0.05, 0.1) is 23.6 Å². The third-order valence-corrected chi connectivity index (χ3v) is 8.20. The molecule has 2 aromatic rings. The molecule has 0 spiro atoms. The lowest BCUT2D eigenvalue weighted by Crippen LogP contribution is -2.39. The largest absolute Gasteiger partial charge is 0.454 e. The van der Waals surface area contributed by atoms with Crippen LogP contribution in [0.1, 0.15) is 5.56 Å². The summed E-state index contributed by atoms with van der Waals surface area (Å²) in [5, 5.41) is 1.00. The lowest BCUT2D eigenvalue weighted by atomic mass is 10.1. The molecule has 0 aromatic heterocycles. The number of sulfone groups is 1. The monoisotopic (exact) mass is 454 g/mol. The molecule has 6 nitrogen and oxygen atoms in total. The zero-order chi connectivity index (χ0) is 20.2. The molecule has 3 aliphatic rings. The van der Waals surface area contributed by atoms with Gasteiger partial charge in [-0.15, -0.1) is 0 Å². The van der Waals surface area contributed by atoms with Crippen LogP contribution in [0.5, 0.6) is 11.5 Å². The molecule has 0 saturated carbocycles. The molecular weight excluding hydrogens is 439 g/mol. The molecule has 3 heterocycles. The minimum atomic E-state index is -3.16. The van der Waals surface area contributed by atoms with E-state index in [1.165, 1.54) is 17.8 Å². The maximum Gasteiger partial charge on any atom is 0.231 e. The van der Waals surface area contributed by atoms with Crippen LogP contribution in [0.3, 0.4) is 0 Å². The van der Waals surface area contributed by atoms with Crippen molar-refractivity contribution in [2.24, 2.45) is 4.99 Å². The Labute approximate surface area is 176 Å². The maximum absolute atomic E-state index is 14.2. The number of amidine groups is 1. The zero-order valence-electron chi connectivity index (χ0n) is 15.0. The Morgan fingerprint density at radius 1 is 1.21 bits per heavy atom. The van der Waals surface area contributed by atoms with Crippen LogP contribution in [0.25, 0.3) is 0 Å². The second kappa shape index (κ2) is 7.07. The first-order valence-corrected chi connectivity index (χ1v) is 12.1. The van der Waals surface area contributed by atoms with Gasteiger partial charge in [-0.1, -0.05) is 29.4 Å². The smallest absolute Gasteiger partial charge is 0.231 e. The van der Waals surface area contributed by atoms with Crippen LogP contribution in [0.15, 0.2) is 41.4 Å². The molecule has 1 saturated heterocycles. The summed E-state index contributed by atoms with van der Waals surface area (Å²) in [6.07, 6.45) is 0. The van der Waals surface area contributed by atoms with E-state index >= 15 is 0 Å². The van der Waals surface area contributed by atoms with Gasteiger partial charge in [0.1, 0.15) is 5.82 Å². The van der Waals surface area contributed by atoms with E-state index in [1.54, 1.807) is 18.2 Å². The molecule has 10 heteroatoms. The highest BCUT2D eigenvalue weighted by Crippen LogP contribution is 2.41. The van der Waals surface area contributed by atoms with Crippen LogP contribution in [0.2, 0.25) is 5.02 Å². The quantitative estimate of drug-likeness (QED) is 0.707. The van der Waals surface area contributed by atoms with E-state index in [9.17, 15) is 12.8 Å². The van der Waals surface area contributed by atoms with E-state index in [1.807, 2.05) is 17.0 Å².